The van der Waals surface area contributed by atoms with Gasteiger partial charge in [-0.2, -0.15) is 0 Å². The van der Waals surface area contributed by atoms with Gasteiger partial charge in [-0.3, -0.25) is 4.79 Å². The molecule has 0 aliphatic carbocycles. The Balaban J connectivity index is 1.37. The topological polar surface area (TPSA) is 95.1 Å². The van der Waals surface area contributed by atoms with E-state index in [9.17, 15) is 14.7 Å². The number of carboxylic acid groups (broad SMARTS) is 1. The second kappa shape index (κ2) is 10.3. The van der Waals surface area contributed by atoms with E-state index < -0.39 is 5.97 Å². The van der Waals surface area contributed by atoms with E-state index in [0.29, 0.717) is 27.5 Å². The first kappa shape index (κ1) is 25.3. The number of halogens is 1. The average molecular weight is 546 g/mol. The predicted octanol–water partition coefficient (Wildman–Crippen LogP) is 7.89. The van der Waals surface area contributed by atoms with Gasteiger partial charge >= 0.3 is 5.97 Å². The first-order valence-corrected chi connectivity index (χ1v) is 13.2. The number of carbonyl (C=O) groups excluding carboxylic acids is 1. The second-order valence-corrected chi connectivity index (χ2v) is 10.1. The van der Waals surface area contributed by atoms with Crippen LogP contribution in [-0.4, -0.2) is 27.0 Å². The van der Waals surface area contributed by atoms with Gasteiger partial charge in [-0.15, -0.1) is 0 Å². The minimum atomic E-state index is -1.15. The van der Waals surface area contributed by atoms with Crippen LogP contribution in [0.4, 0.5) is 0 Å². The van der Waals surface area contributed by atoms with Gasteiger partial charge in [0.05, 0.1) is 22.6 Å². The highest BCUT2D eigenvalue weighted by Gasteiger charge is 2.21. The summed E-state index contributed by atoms with van der Waals surface area (Å²) in [6, 6.07) is 31.3. The fraction of sp³-hybridized carbons (Fsp3) is 0.0606. The standard InChI is InChI=1S/C33H24ClN3O3/c1-19(23-10-6-8-20-7-2-3-9-24(20)23)35-32(38)21-13-15-25(28(17-21)33(39)40)27-18-22(34)14-16-26(27)31-36-29-11-4-5-12-30(29)37-31/h2-19H,1H3,(H,35,38)(H,36,37)(H,39,40)/t19-/m1/s1. The van der Waals surface area contributed by atoms with Gasteiger partial charge < -0.3 is 15.4 Å². The maximum absolute atomic E-state index is 13.3. The minimum absolute atomic E-state index is 0.00917. The Kier molecular flexibility index (Phi) is 6.54. The van der Waals surface area contributed by atoms with Gasteiger partial charge in [0, 0.05) is 16.1 Å². The quantitative estimate of drug-likeness (QED) is 0.198. The number of nitrogens with one attached hydrogen (secondary N) is 2. The molecule has 0 aliphatic heterocycles. The van der Waals surface area contributed by atoms with E-state index in [4.69, 9.17) is 16.6 Å². The number of aromatic nitrogens is 2. The van der Waals surface area contributed by atoms with Crippen molar-refractivity contribution in [1.29, 1.82) is 0 Å². The van der Waals surface area contributed by atoms with Crippen LogP contribution in [0.15, 0.2) is 103 Å². The molecule has 196 valence electrons. The number of aromatic carboxylic acids is 1. The molecule has 1 heterocycles. The number of carboxylic acids is 1. The number of benzene rings is 5. The number of rotatable bonds is 6. The van der Waals surface area contributed by atoms with E-state index in [1.54, 1.807) is 24.3 Å². The van der Waals surface area contributed by atoms with Crippen LogP contribution in [-0.2, 0) is 0 Å². The summed E-state index contributed by atoms with van der Waals surface area (Å²) >= 11 is 6.36. The first-order chi connectivity index (χ1) is 19.4. The van der Waals surface area contributed by atoms with Crippen molar-refractivity contribution in [2.24, 2.45) is 0 Å². The van der Waals surface area contributed by atoms with Crippen LogP contribution < -0.4 is 5.32 Å². The number of imidazole rings is 1. The monoisotopic (exact) mass is 545 g/mol. The maximum Gasteiger partial charge on any atom is 0.336 e. The van der Waals surface area contributed by atoms with Gasteiger partial charge in [-0.05, 0) is 76.9 Å². The van der Waals surface area contributed by atoms with E-state index in [2.05, 4.69) is 10.3 Å². The molecule has 0 aliphatic rings. The average Bonchev–Trinajstić information content (AvgIpc) is 3.40. The number of amides is 1. The molecule has 3 N–H and O–H groups in total. The molecule has 0 radical (unpaired) electrons. The molecule has 6 nitrogen and oxygen atoms in total. The zero-order valence-electron chi connectivity index (χ0n) is 21.5. The molecule has 1 atom stereocenters. The highest BCUT2D eigenvalue weighted by Crippen LogP contribution is 2.36. The Morgan fingerprint density at radius 3 is 2.42 bits per heavy atom. The van der Waals surface area contributed by atoms with E-state index in [1.807, 2.05) is 79.7 Å². The summed E-state index contributed by atoms with van der Waals surface area (Å²) in [5.41, 5.74) is 4.61. The Labute approximate surface area is 235 Å². The molecule has 0 spiro atoms. The third-order valence-corrected chi connectivity index (χ3v) is 7.30. The largest absolute Gasteiger partial charge is 0.478 e. The highest BCUT2D eigenvalue weighted by atomic mass is 35.5. The van der Waals surface area contributed by atoms with Crippen LogP contribution in [0.3, 0.4) is 0 Å². The lowest BCUT2D eigenvalue weighted by molar-refractivity contribution is 0.0697. The van der Waals surface area contributed by atoms with Crippen molar-refractivity contribution < 1.29 is 14.7 Å². The number of carbonyl (C=O) groups is 2. The van der Waals surface area contributed by atoms with Crippen LogP contribution in [0.5, 0.6) is 0 Å². The fourth-order valence-electron chi connectivity index (χ4n) is 5.11. The molecule has 1 amide bonds. The summed E-state index contributed by atoms with van der Waals surface area (Å²) in [6.45, 7) is 1.91. The van der Waals surface area contributed by atoms with Crippen molar-refractivity contribution in [3.63, 3.8) is 0 Å². The second-order valence-electron chi connectivity index (χ2n) is 9.62. The fourth-order valence-corrected chi connectivity index (χ4v) is 5.28. The summed E-state index contributed by atoms with van der Waals surface area (Å²) in [5.74, 6) is -0.921. The summed E-state index contributed by atoms with van der Waals surface area (Å²) in [5, 5.41) is 15.8. The molecule has 0 saturated carbocycles. The Bertz CT molecular complexity index is 1890. The SMILES string of the molecule is C[C@@H](NC(=O)c1ccc(-c2cc(Cl)ccc2-c2nc3ccccc3[nH]2)c(C(=O)O)c1)c1cccc2ccccc12. The lowest BCUT2D eigenvalue weighted by Gasteiger charge is -2.18. The number of hydrogen-bond donors (Lipinski definition) is 3. The van der Waals surface area contributed by atoms with E-state index in [0.717, 1.165) is 27.4 Å². The lowest BCUT2D eigenvalue weighted by atomic mass is 9.93. The van der Waals surface area contributed by atoms with Crippen LogP contribution >= 0.6 is 11.6 Å². The summed E-state index contributed by atoms with van der Waals surface area (Å²) in [6.07, 6.45) is 0. The minimum Gasteiger partial charge on any atom is -0.478 e. The molecular weight excluding hydrogens is 522 g/mol. The Morgan fingerprint density at radius 2 is 1.60 bits per heavy atom. The van der Waals surface area contributed by atoms with Gasteiger partial charge in [-0.1, -0.05) is 72.3 Å². The van der Waals surface area contributed by atoms with Crippen LogP contribution in [0.1, 0.15) is 39.2 Å². The molecule has 0 unspecified atom stereocenters. The normalized spacial score (nSPS) is 11.9. The number of nitrogens with zero attached hydrogens (tertiary/aromatic N) is 1. The third kappa shape index (κ3) is 4.70. The van der Waals surface area contributed by atoms with Crippen molar-refractivity contribution in [2.45, 2.75) is 13.0 Å². The molecule has 0 bridgehead atoms. The van der Waals surface area contributed by atoms with Gasteiger partial charge in [0.25, 0.3) is 5.91 Å². The maximum atomic E-state index is 13.3. The number of fused-ring (bicyclic) bond motifs is 2. The zero-order chi connectivity index (χ0) is 27.8. The van der Waals surface area contributed by atoms with Crippen molar-refractivity contribution in [1.82, 2.24) is 15.3 Å². The first-order valence-electron chi connectivity index (χ1n) is 12.8. The zero-order valence-corrected chi connectivity index (χ0v) is 22.2. The summed E-state index contributed by atoms with van der Waals surface area (Å²) in [7, 11) is 0. The van der Waals surface area contributed by atoms with Gasteiger partial charge in [0.15, 0.2) is 0 Å². The lowest BCUT2D eigenvalue weighted by Crippen LogP contribution is -2.27. The number of H-pyrrole nitrogens is 1. The van der Waals surface area contributed by atoms with Crippen molar-refractivity contribution in [3.05, 3.63) is 125 Å². The molecule has 0 fully saturated rings. The van der Waals surface area contributed by atoms with Crippen LogP contribution in [0, 0.1) is 0 Å². The molecular formula is C33H24ClN3O3. The number of hydrogen-bond acceptors (Lipinski definition) is 3. The third-order valence-electron chi connectivity index (χ3n) is 7.07. The van der Waals surface area contributed by atoms with E-state index >= 15 is 0 Å². The van der Waals surface area contributed by atoms with E-state index in [-0.39, 0.29) is 23.1 Å². The van der Waals surface area contributed by atoms with Gasteiger partial charge in [-0.25, -0.2) is 9.78 Å². The van der Waals surface area contributed by atoms with Gasteiger partial charge in [0.1, 0.15) is 5.82 Å². The molecule has 6 rings (SSSR count). The molecule has 1 aromatic heterocycles. The predicted molar refractivity (Wildman–Crippen MR) is 159 cm³/mol. The van der Waals surface area contributed by atoms with Crippen molar-refractivity contribution in [3.8, 4) is 22.5 Å². The molecule has 5 aromatic carbocycles. The summed E-state index contributed by atoms with van der Waals surface area (Å²) < 4.78 is 0. The smallest absolute Gasteiger partial charge is 0.336 e. The highest BCUT2D eigenvalue weighted by molar-refractivity contribution is 6.31. The summed E-state index contributed by atoms with van der Waals surface area (Å²) in [4.78, 5) is 33.7. The molecule has 40 heavy (non-hydrogen) atoms. The number of aromatic amines is 1. The number of para-hydroxylation sites is 2. The van der Waals surface area contributed by atoms with E-state index in [1.165, 1.54) is 6.07 Å². The van der Waals surface area contributed by atoms with Crippen LogP contribution in [0.25, 0.3) is 44.3 Å². The van der Waals surface area contributed by atoms with Crippen molar-refractivity contribution in [2.75, 3.05) is 0 Å². The Morgan fingerprint density at radius 1 is 0.850 bits per heavy atom. The molecule has 7 heteroatoms. The molecule has 0 saturated heterocycles. The Hall–Kier alpha value is -4.94. The van der Waals surface area contributed by atoms with Gasteiger partial charge in [0.2, 0.25) is 0 Å². The molecule has 6 aromatic rings. The van der Waals surface area contributed by atoms with Crippen LogP contribution in [0.2, 0.25) is 5.02 Å². The van der Waals surface area contributed by atoms with Crippen molar-refractivity contribution >= 4 is 45.3 Å².